The van der Waals surface area contributed by atoms with Crippen LogP contribution in [0.3, 0.4) is 0 Å². The Balaban J connectivity index is 2.27. The van der Waals surface area contributed by atoms with Gasteiger partial charge in [-0.2, -0.15) is 5.12 Å². The zero-order chi connectivity index (χ0) is 9.97. The van der Waals surface area contributed by atoms with Gasteiger partial charge < -0.3 is 10.2 Å². The van der Waals surface area contributed by atoms with Gasteiger partial charge in [-0.15, -0.1) is 5.10 Å². The monoisotopic (exact) mass is 191 g/mol. The molecule has 1 aromatic carbocycles. The van der Waals surface area contributed by atoms with Gasteiger partial charge in [0.15, 0.2) is 0 Å². The number of nitrogens with one attached hydrogen (secondary N) is 1. The van der Waals surface area contributed by atoms with Crippen LogP contribution in [-0.4, -0.2) is 16.1 Å². The molecule has 1 aromatic rings. The Labute approximate surface area is 80.6 Å². The van der Waals surface area contributed by atoms with Gasteiger partial charge in [-0.1, -0.05) is 18.2 Å². The summed E-state index contributed by atoms with van der Waals surface area (Å²) in [6.07, 6.45) is 1.12. The highest BCUT2D eigenvalue weighted by Gasteiger charge is 2.12. The maximum absolute atomic E-state index is 9.18. The summed E-state index contributed by atoms with van der Waals surface area (Å²) in [5.41, 5.74) is 3.29. The van der Waals surface area contributed by atoms with Crippen molar-refractivity contribution < 1.29 is 10.2 Å². The van der Waals surface area contributed by atoms with Crippen LogP contribution in [0.15, 0.2) is 47.4 Å². The Morgan fingerprint density at radius 1 is 1.14 bits per heavy atom. The molecule has 1 heterocycles. The van der Waals surface area contributed by atoms with E-state index in [-0.39, 0.29) is 11.8 Å². The van der Waals surface area contributed by atoms with E-state index in [1.807, 2.05) is 18.2 Å². The highest BCUT2D eigenvalue weighted by atomic mass is 16.3. The van der Waals surface area contributed by atoms with Crippen molar-refractivity contribution in [3.05, 3.63) is 42.3 Å². The molecule has 2 rings (SSSR count). The van der Waals surface area contributed by atoms with E-state index in [0.29, 0.717) is 0 Å². The second-order valence-corrected chi connectivity index (χ2v) is 2.75. The van der Waals surface area contributed by atoms with Crippen molar-refractivity contribution in [3.8, 4) is 0 Å². The van der Waals surface area contributed by atoms with E-state index in [1.54, 1.807) is 12.1 Å². The molecule has 0 aromatic heterocycles. The number of nitrogens with zero attached hydrogens (tertiary/aromatic N) is 2. The molecule has 0 radical (unpaired) electrons. The van der Waals surface area contributed by atoms with Gasteiger partial charge in [0.05, 0.1) is 11.8 Å². The van der Waals surface area contributed by atoms with Gasteiger partial charge in [0, 0.05) is 0 Å². The van der Waals surface area contributed by atoms with Crippen molar-refractivity contribution in [3.63, 3.8) is 0 Å². The molecule has 0 bridgehead atoms. The first kappa shape index (κ1) is 8.43. The molecule has 0 saturated carbocycles. The number of hydrazone groups is 1. The minimum Gasteiger partial charge on any atom is -0.493 e. The lowest BCUT2D eigenvalue weighted by Crippen LogP contribution is -2.37. The third-order valence-corrected chi connectivity index (χ3v) is 1.69. The molecule has 0 atom stereocenters. The number of aliphatic hydroxyl groups excluding tert-OH is 2. The van der Waals surface area contributed by atoms with Crippen LogP contribution in [0.25, 0.3) is 0 Å². The number of rotatable bonds is 1. The van der Waals surface area contributed by atoms with Crippen LogP contribution in [0.5, 0.6) is 0 Å². The van der Waals surface area contributed by atoms with Crippen LogP contribution in [0.2, 0.25) is 0 Å². The van der Waals surface area contributed by atoms with Crippen molar-refractivity contribution in [2.75, 3.05) is 5.12 Å². The fraction of sp³-hybridized carbons (Fsp3) is 0. The maximum Gasteiger partial charge on any atom is 0.236 e. The average Bonchev–Trinajstić information content (AvgIpc) is 2.18. The van der Waals surface area contributed by atoms with Crippen LogP contribution in [-0.2, 0) is 0 Å². The first-order valence-corrected chi connectivity index (χ1v) is 4.06. The molecular weight excluding hydrogens is 182 g/mol. The molecular formula is C9H9N3O2. The molecule has 1 aliphatic rings. The summed E-state index contributed by atoms with van der Waals surface area (Å²) in [6.45, 7) is 0. The summed E-state index contributed by atoms with van der Waals surface area (Å²) in [4.78, 5) is 0. The predicted octanol–water partition coefficient (Wildman–Crippen LogP) is 1.28. The molecule has 0 saturated heterocycles. The van der Waals surface area contributed by atoms with E-state index >= 15 is 0 Å². The highest BCUT2D eigenvalue weighted by molar-refractivity contribution is 5.87. The molecule has 0 aliphatic carbocycles. The van der Waals surface area contributed by atoms with E-state index < -0.39 is 0 Å². The molecule has 0 spiro atoms. The van der Waals surface area contributed by atoms with Gasteiger partial charge in [0.1, 0.15) is 0 Å². The molecule has 5 nitrogen and oxygen atoms in total. The van der Waals surface area contributed by atoms with Crippen LogP contribution in [0, 0.1) is 0 Å². The summed E-state index contributed by atoms with van der Waals surface area (Å²) in [5.74, 6) is -0.397. The zero-order valence-corrected chi connectivity index (χ0v) is 7.25. The molecule has 0 fully saturated rings. The van der Waals surface area contributed by atoms with Crippen molar-refractivity contribution >= 4 is 11.6 Å². The van der Waals surface area contributed by atoms with Gasteiger partial charge in [0.2, 0.25) is 11.8 Å². The van der Waals surface area contributed by atoms with E-state index in [9.17, 15) is 5.11 Å². The topological polar surface area (TPSA) is 68.1 Å². The van der Waals surface area contributed by atoms with Crippen molar-refractivity contribution in [2.24, 2.45) is 5.10 Å². The first-order chi connectivity index (χ1) is 6.75. The Hall–Kier alpha value is -2.17. The Bertz CT molecular complexity index is 386. The van der Waals surface area contributed by atoms with E-state index in [1.165, 1.54) is 5.12 Å². The van der Waals surface area contributed by atoms with Gasteiger partial charge >= 0.3 is 0 Å². The molecule has 1 aliphatic heterocycles. The number of hydrazine groups is 1. The summed E-state index contributed by atoms with van der Waals surface area (Å²) in [7, 11) is 0. The number of para-hydroxylation sites is 1. The predicted molar refractivity (Wildman–Crippen MR) is 52.8 cm³/mol. The zero-order valence-electron chi connectivity index (χ0n) is 7.25. The average molecular weight is 191 g/mol. The van der Waals surface area contributed by atoms with E-state index in [4.69, 9.17) is 5.11 Å². The SMILES string of the molecule is OC1=CC(O)=NN(c2ccccc2)N1. The fourth-order valence-electron chi connectivity index (χ4n) is 1.11. The normalized spacial score (nSPS) is 15.6. The van der Waals surface area contributed by atoms with Gasteiger partial charge in [-0.25, -0.2) is 5.43 Å². The van der Waals surface area contributed by atoms with Crippen molar-refractivity contribution in [2.45, 2.75) is 0 Å². The second-order valence-electron chi connectivity index (χ2n) is 2.75. The third kappa shape index (κ3) is 1.61. The van der Waals surface area contributed by atoms with Crippen LogP contribution >= 0.6 is 0 Å². The quantitative estimate of drug-likeness (QED) is 0.625. The lowest BCUT2D eigenvalue weighted by Gasteiger charge is -2.22. The number of hydrogen-bond acceptors (Lipinski definition) is 4. The molecule has 72 valence electrons. The Kier molecular flexibility index (Phi) is 1.98. The van der Waals surface area contributed by atoms with Crippen LogP contribution < -0.4 is 10.5 Å². The summed E-state index contributed by atoms with van der Waals surface area (Å²) in [5, 5.41) is 23.4. The largest absolute Gasteiger partial charge is 0.493 e. The second kappa shape index (κ2) is 3.29. The molecule has 3 N–H and O–H groups in total. The van der Waals surface area contributed by atoms with Crippen molar-refractivity contribution in [1.82, 2.24) is 5.43 Å². The minimum atomic E-state index is -0.245. The van der Waals surface area contributed by atoms with Crippen molar-refractivity contribution in [1.29, 1.82) is 0 Å². The summed E-state index contributed by atoms with van der Waals surface area (Å²) in [6, 6.07) is 9.12. The van der Waals surface area contributed by atoms with E-state index in [0.717, 1.165) is 11.8 Å². The number of aliphatic hydroxyl groups is 2. The number of benzene rings is 1. The minimum absolute atomic E-state index is 0.152. The maximum atomic E-state index is 9.18. The highest BCUT2D eigenvalue weighted by Crippen LogP contribution is 2.13. The Morgan fingerprint density at radius 2 is 1.86 bits per heavy atom. The van der Waals surface area contributed by atoms with Crippen LogP contribution in [0.4, 0.5) is 5.69 Å². The molecule has 0 amide bonds. The standard InChI is InChI=1S/C9H9N3O2/c13-8-6-9(14)11-12(10-8)7-4-2-1-3-5-7/h1-6,10,13H,(H,11,14). The van der Waals surface area contributed by atoms with Gasteiger partial charge in [-0.05, 0) is 12.1 Å². The smallest absolute Gasteiger partial charge is 0.236 e. The fourth-order valence-corrected chi connectivity index (χ4v) is 1.11. The Morgan fingerprint density at radius 3 is 2.50 bits per heavy atom. The summed E-state index contributed by atoms with van der Waals surface area (Å²) >= 11 is 0. The van der Waals surface area contributed by atoms with E-state index in [2.05, 4.69) is 10.5 Å². The molecule has 0 unspecified atom stereocenters. The number of hydrogen-bond donors (Lipinski definition) is 3. The summed E-state index contributed by atoms with van der Waals surface area (Å²) < 4.78 is 0. The molecule has 14 heavy (non-hydrogen) atoms. The third-order valence-electron chi connectivity index (χ3n) is 1.69. The van der Waals surface area contributed by atoms with Gasteiger partial charge in [-0.3, -0.25) is 0 Å². The van der Waals surface area contributed by atoms with Crippen LogP contribution in [0.1, 0.15) is 0 Å². The number of anilines is 1. The lowest BCUT2D eigenvalue weighted by atomic mass is 10.3. The molecule has 5 heteroatoms. The lowest BCUT2D eigenvalue weighted by molar-refractivity contribution is 0.351. The van der Waals surface area contributed by atoms with Gasteiger partial charge in [0.25, 0.3) is 0 Å². The first-order valence-electron chi connectivity index (χ1n) is 4.06.